The van der Waals surface area contributed by atoms with E-state index in [0.29, 0.717) is 19.5 Å². The van der Waals surface area contributed by atoms with Gasteiger partial charge in [0.05, 0.1) is 37.0 Å². The molecule has 2 aliphatic heterocycles. The summed E-state index contributed by atoms with van der Waals surface area (Å²) in [6, 6.07) is -2.98. The molecule has 1 saturated carbocycles. The average Bonchev–Trinajstić information content (AvgIpc) is 2.95. The van der Waals surface area contributed by atoms with Gasteiger partial charge in [0, 0.05) is 24.5 Å². The van der Waals surface area contributed by atoms with E-state index in [1.165, 1.54) is 0 Å². The molecule has 16 heteroatoms. The lowest BCUT2D eigenvalue weighted by molar-refractivity contribution is -0.306. The topological polar surface area (TPSA) is 300 Å². The Morgan fingerprint density at radius 3 is 2.37 bits per heavy atom. The summed E-state index contributed by atoms with van der Waals surface area (Å²) in [7, 11) is 0. The first kappa shape index (κ1) is 34.4. The van der Waals surface area contributed by atoms with Crippen molar-refractivity contribution < 1.29 is 44.5 Å². The summed E-state index contributed by atoms with van der Waals surface area (Å²) >= 11 is 0. The zero-order valence-corrected chi connectivity index (χ0v) is 23.4. The smallest absolute Gasteiger partial charge is 0.249 e. The first-order valence-corrected chi connectivity index (χ1v) is 14.5. The third kappa shape index (κ3) is 8.30. The Bertz CT molecular complexity index is 801. The Morgan fingerprint density at radius 1 is 1.00 bits per heavy atom. The second-order valence-electron chi connectivity index (χ2n) is 11.3. The Hall–Kier alpha value is -1.09. The van der Waals surface area contributed by atoms with Crippen molar-refractivity contribution in [3.8, 4) is 0 Å². The number of hydrogen-bond acceptors (Lipinski definition) is 15. The van der Waals surface area contributed by atoms with Gasteiger partial charge in [-0.05, 0) is 51.7 Å². The van der Waals surface area contributed by atoms with Crippen molar-refractivity contribution in [2.24, 2.45) is 34.6 Å². The molecule has 1 unspecified atom stereocenters. The normalized spacial score (nSPS) is 42.5. The fourth-order valence-corrected chi connectivity index (χ4v) is 6.06. The Labute approximate surface area is 240 Å². The minimum absolute atomic E-state index is 0.0171. The molecule has 0 bridgehead atoms. The summed E-state index contributed by atoms with van der Waals surface area (Å²) in [5.74, 6) is -1.42. The van der Waals surface area contributed by atoms with Gasteiger partial charge in [0.25, 0.3) is 0 Å². The molecule has 1 aliphatic carbocycles. The van der Waals surface area contributed by atoms with Crippen LogP contribution in [-0.4, -0.2) is 144 Å². The maximum Gasteiger partial charge on any atom is 0.249 e. The molecule has 3 fully saturated rings. The van der Waals surface area contributed by atoms with Crippen LogP contribution < -0.4 is 39.3 Å². The van der Waals surface area contributed by atoms with Crippen molar-refractivity contribution in [2.75, 3.05) is 32.8 Å². The molecule has 0 aromatic heterocycles. The molecule has 41 heavy (non-hydrogen) atoms. The minimum Gasteiger partial charge on any atom is -0.394 e. The lowest BCUT2D eigenvalue weighted by atomic mass is 9.72. The summed E-state index contributed by atoms with van der Waals surface area (Å²) in [6.45, 7) is 0.903. The molecule has 1 amide bonds. The Balaban J connectivity index is 1.90. The molecular formula is C25H51N7O9. The van der Waals surface area contributed by atoms with Crippen LogP contribution in [0.5, 0.6) is 0 Å². The first-order valence-electron chi connectivity index (χ1n) is 14.5. The van der Waals surface area contributed by atoms with Gasteiger partial charge in [0.1, 0.15) is 30.5 Å². The molecule has 0 aromatic rings. The maximum absolute atomic E-state index is 12.8. The van der Waals surface area contributed by atoms with E-state index in [1.54, 1.807) is 0 Å². The number of hydrogen-bond donors (Lipinski definition) is 12. The minimum atomic E-state index is -1.52. The summed E-state index contributed by atoms with van der Waals surface area (Å²) in [4.78, 5) is 12.8. The summed E-state index contributed by atoms with van der Waals surface area (Å²) in [5, 5.41) is 58.8. The standard InChI is InChI=1S/C25H51N7O9/c26-5-1-7-31-13-3-2-11(9-28)39-22(13)17-12(29)8-14(32-24(38)15(34)4-6-27)23(20(17)36)41-25-21(37)18(30)19(35)16(10-33)40-25/h11-23,25,31,33-37H,1-10,26-30H2,(H,32,38)/t11-,12-,13+,14+,15-,16+,17?,18-,19+,20-,21+,22-,23-,25+/m0/s1. The first-order chi connectivity index (χ1) is 19.6. The molecule has 17 N–H and O–H groups in total. The van der Waals surface area contributed by atoms with Crippen molar-refractivity contribution in [2.45, 2.75) is 111 Å². The third-order valence-corrected chi connectivity index (χ3v) is 8.42. The van der Waals surface area contributed by atoms with E-state index >= 15 is 0 Å². The van der Waals surface area contributed by atoms with Crippen LogP contribution in [0.25, 0.3) is 0 Å². The van der Waals surface area contributed by atoms with Crippen LogP contribution in [0.15, 0.2) is 0 Å². The zero-order chi connectivity index (χ0) is 30.3. The van der Waals surface area contributed by atoms with Crippen LogP contribution in [0, 0.1) is 5.92 Å². The number of nitrogens with two attached hydrogens (primary N) is 5. The molecule has 2 heterocycles. The second-order valence-corrected chi connectivity index (χ2v) is 11.3. The van der Waals surface area contributed by atoms with Crippen molar-refractivity contribution >= 4 is 5.91 Å². The number of carbonyl (C=O) groups is 1. The molecule has 0 spiro atoms. The molecule has 16 nitrogen and oxygen atoms in total. The van der Waals surface area contributed by atoms with Crippen molar-refractivity contribution in [1.29, 1.82) is 0 Å². The van der Waals surface area contributed by atoms with Crippen LogP contribution in [0.1, 0.15) is 32.1 Å². The summed E-state index contributed by atoms with van der Waals surface area (Å²) < 4.78 is 18.1. The van der Waals surface area contributed by atoms with Gasteiger partial charge in [-0.15, -0.1) is 0 Å². The lowest BCUT2D eigenvalue weighted by Crippen LogP contribution is -2.69. The molecule has 0 aromatic carbocycles. The zero-order valence-electron chi connectivity index (χ0n) is 23.4. The van der Waals surface area contributed by atoms with Crippen LogP contribution in [0.4, 0.5) is 0 Å². The van der Waals surface area contributed by atoms with Crippen LogP contribution in [-0.2, 0) is 19.0 Å². The van der Waals surface area contributed by atoms with E-state index in [1.807, 2.05) is 0 Å². The number of ether oxygens (including phenoxy) is 3. The predicted octanol–water partition coefficient (Wildman–Crippen LogP) is -6.15. The van der Waals surface area contributed by atoms with E-state index in [9.17, 15) is 30.3 Å². The van der Waals surface area contributed by atoms with Gasteiger partial charge < -0.3 is 79.0 Å². The highest BCUT2D eigenvalue weighted by Crippen LogP contribution is 2.37. The molecule has 240 valence electrons. The van der Waals surface area contributed by atoms with Gasteiger partial charge >= 0.3 is 0 Å². The highest BCUT2D eigenvalue weighted by atomic mass is 16.7. The highest BCUT2D eigenvalue weighted by Gasteiger charge is 2.53. The van der Waals surface area contributed by atoms with Crippen LogP contribution in [0.3, 0.4) is 0 Å². The molecule has 0 radical (unpaired) electrons. The average molecular weight is 594 g/mol. The molecule has 2 saturated heterocycles. The second kappa shape index (κ2) is 16.1. The number of nitrogens with one attached hydrogen (secondary N) is 2. The van der Waals surface area contributed by atoms with Gasteiger partial charge in [-0.3, -0.25) is 4.79 Å². The highest BCUT2D eigenvalue weighted by molar-refractivity contribution is 5.80. The molecule has 3 rings (SSSR count). The summed E-state index contributed by atoms with van der Waals surface area (Å²) in [6.07, 6.45) is -7.95. The molecule has 3 aliphatic rings. The van der Waals surface area contributed by atoms with Gasteiger partial charge in [-0.25, -0.2) is 0 Å². The van der Waals surface area contributed by atoms with Crippen LogP contribution >= 0.6 is 0 Å². The van der Waals surface area contributed by atoms with Crippen molar-refractivity contribution in [3.63, 3.8) is 0 Å². The van der Waals surface area contributed by atoms with E-state index in [0.717, 1.165) is 12.8 Å². The summed E-state index contributed by atoms with van der Waals surface area (Å²) in [5.41, 5.74) is 29.7. The molecule has 14 atom stereocenters. The van der Waals surface area contributed by atoms with Gasteiger partial charge in [-0.1, -0.05) is 0 Å². The quantitative estimate of drug-likeness (QED) is 0.0884. The number of amides is 1. The van der Waals surface area contributed by atoms with Crippen molar-refractivity contribution in [3.05, 3.63) is 0 Å². The van der Waals surface area contributed by atoms with E-state index in [4.69, 9.17) is 42.9 Å². The number of aliphatic hydroxyl groups is 5. The van der Waals surface area contributed by atoms with Gasteiger partial charge in [0.15, 0.2) is 6.29 Å². The monoisotopic (exact) mass is 593 g/mol. The number of aliphatic hydroxyl groups excluding tert-OH is 5. The SMILES string of the molecule is NCCCN[C@@H]1CC[C@@H](CN)O[C@@H]1C1[C@@H](N)C[C@@H](NC(=O)[C@@H](O)CCN)[C@H](O[C@H]2O[C@H](CO)[C@@H](O)[C@H](N)[C@H]2O)[C@H]1O. The number of rotatable bonds is 13. The molecular weight excluding hydrogens is 542 g/mol. The predicted molar refractivity (Wildman–Crippen MR) is 147 cm³/mol. The van der Waals surface area contributed by atoms with Gasteiger partial charge in [-0.2, -0.15) is 0 Å². The Morgan fingerprint density at radius 2 is 1.73 bits per heavy atom. The maximum atomic E-state index is 12.8. The van der Waals surface area contributed by atoms with E-state index in [2.05, 4.69) is 10.6 Å². The fraction of sp³-hybridized carbons (Fsp3) is 0.960. The van der Waals surface area contributed by atoms with Crippen molar-refractivity contribution in [1.82, 2.24) is 10.6 Å². The fourth-order valence-electron chi connectivity index (χ4n) is 6.06. The largest absolute Gasteiger partial charge is 0.394 e. The van der Waals surface area contributed by atoms with Crippen LogP contribution in [0.2, 0.25) is 0 Å². The van der Waals surface area contributed by atoms with E-state index in [-0.39, 0.29) is 38.1 Å². The van der Waals surface area contributed by atoms with E-state index < -0.39 is 85.6 Å². The third-order valence-electron chi connectivity index (χ3n) is 8.42. The lowest BCUT2D eigenvalue weighted by Gasteiger charge is -2.51. The number of carbonyl (C=O) groups excluding carboxylic acids is 1. The Kier molecular flexibility index (Phi) is 13.5. The van der Waals surface area contributed by atoms with Gasteiger partial charge in [0.2, 0.25) is 5.91 Å².